The lowest BCUT2D eigenvalue weighted by Gasteiger charge is -2.00. The lowest BCUT2D eigenvalue weighted by Crippen LogP contribution is -2.22. The first-order chi connectivity index (χ1) is 13.8. The van der Waals surface area contributed by atoms with E-state index in [4.69, 9.17) is 11.0 Å². The van der Waals surface area contributed by atoms with Gasteiger partial charge in [-0.1, -0.05) is 0 Å². The third-order valence-electron chi connectivity index (χ3n) is 3.76. The van der Waals surface area contributed by atoms with E-state index in [1.165, 1.54) is 50.6 Å². The Kier molecular flexibility index (Phi) is 6.50. The molecule has 10 nitrogen and oxygen atoms in total. The highest BCUT2D eigenvalue weighted by atomic mass is 16.5. The largest absolute Gasteiger partial charge is 0.465 e. The van der Waals surface area contributed by atoms with Crippen LogP contribution in [0.5, 0.6) is 0 Å². The Morgan fingerprint density at radius 2 is 1.55 bits per heavy atom. The van der Waals surface area contributed by atoms with Crippen molar-refractivity contribution in [2.24, 2.45) is 0 Å². The van der Waals surface area contributed by atoms with E-state index in [1.54, 1.807) is 0 Å². The number of hydrogen-bond acceptors (Lipinski definition) is 8. The van der Waals surface area contributed by atoms with E-state index >= 15 is 0 Å². The number of nitriles is 1. The van der Waals surface area contributed by atoms with Gasteiger partial charge in [0, 0.05) is 5.69 Å². The molecule has 4 N–H and O–H groups in total. The van der Waals surface area contributed by atoms with Crippen LogP contribution in [-0.4, -0.2) is 36.1 Å². The van der Waals surface area contributed by atoms with E-state index in [1.807, 2.05) is 6.07 Å². The number of nitrogens with two attached hydrogens (primary N) is 1. The fourth-order valence-corrected chi connectivity index (χ4v) is 2.31. The number of ether oxygens (including phenoxy) is 2. The molecule has 0 atom stereocenters. The highest BCUT2D eigenvalue weighted by Crippen LogP contribution is 2.13. The van der Waals surface area contributed by atoms with E-state index < -0.39 is 23.2 Å². The second-order valence-corrected chi connectivity index (χ2v) is 5.57. The van der Waals surface area contributed by atoms with Crippen molar-refractivity contribution in [3.63, 3.8) is 0 Å². The van der Waals surface area contributed by atoms with Crippen LogP contribution in [0.2, 0.25) is 0 Å². The van der Waals surface area contributed by atoms with Gasteiger partial charge in [-0.25, -0.2) is 14.4 Å². The van der Waals surface area contributed by atoms with Crippen LogP contribution in [0, 0.1) is 11.3 Å². The van der Waals surface area contributed by atoms with Gasteiger partial charge in [-0.2, -0.15) is 5.26 Å². The van der Waals surface area contributed by atoms with Gasteiger partial charge in [-0.3, -0.25) is 9.78 Å². The molecule has 29 heavy (non-hydrogen) atoms. The molecule has 0 bridgehead atoms. The van der Waals surface area contributed by atoms with Crippen LogP contribution in [0.1, 0.15) is 26.3 Å². The van der Waals surface area contributed by atoms with Crippen LogP contribution in [0.25, 0.3) is 10.9 Å². The molecule has 0 aliphatic carbocycles. The van der Waals surface area contributed by atoms with Crippen molar-refractivity contribution in [2.45, 2.75) is 0 Å². The molecule has 148 valence electrons. The number of esters is 2. The smallest absolute Gasteiger partial charge is 0.337 e. The predicted octanol–water partition coefficient (Wildman–Crippen LogP) is 0.930. The van der Waals surface area contributed by atoms with E-state index in [0.29, 0.717) is 16.8 Å². The Hall–Kier alpha value is -4.39. The van der Waals surface area contributed by atoms with Gasteiger partial charge in [0.2, 0.25) is 0 Å². The summed E-state index contributed by atoms with van der Waals surface area (Å²) in [4.78, 5) is 49.2. The lowest BCUT2D eigenvalue weighted by atomic mass is 10.1. The topological polar surface area (TPSA) is 168 Å². The molecule has 0 amide bonds. The van der Waals surface area contributed by atoms with Gasteiger partial charge >= 0.3 is 17.6 Å². The molecule has 10 heteroatoms. The number of nitrogen functional groups attached to an aromatic ring is 1. The van der Waals surface area contributed by atoms with Crippen molar-refractivity contribution in [2.75, 3.05) is 20.0 Å². The fraction of sp³-hybridized carbons (Fsp3) is 0.105. The number of nitrogens with zero attached hydrogens (tertiary/aromatic N) is 1. The number of anilines is 1. The molecule has 3 rings (SSSR count). The van der Waals surface area contributed by atoms with Crippen LogP contribution < -0.4 is 17.0 Å². The third-order valence-corrected chi connectivity index (χ3v) is 3.76. The molecule has 2 aromatic carbocycles. The van der Waals surface area contributed by atoms with Crippen molar-refractivity contribution >= 4 is 28.5 Å². The van der Waals surface area contributed by atoms with Crippen molar-refractivity contribution in [1.29, 1.82) is 5.26 Å². The SMILES string of the molecule is COC(=O)c1ccc(N)c(C#N)c1.COC(=O)c1ccc2[nH]c(=O)[nH]c(=O)c2c1. The first-order valence-electron chi connectivity index (χ1n) is 8.03. The summed E-state index contributed by atoms with van der Waals surface area (Å²) in [5, 5.41) is 8.85. The summed E-state index contributed by atoms with van der Waals surface area (Å²) in [6, 6.07) is 10.6. The summed E-state index contributed by atoms with van der Waals surface area (Å²) in [5.74, 6) is -1.01. The zero-order chi connectivity index (χ0) is 21.6. The Morgan fingerprint density at radius 3 is 2.14 bits per heavy atom. The first kappa shape index (κ1) is 20.9. The quantitative estimate of drug-likeness (QED) is 0.424. The molecule has 0 aliphatic heterocycles. The second-order valence-electron chi connectivity index (χ2n) is 5.57. The van der Waals surface area contributed by atoms with Crippen molar-refractivity contribution in [3.05, 3.63) is 73.9 Å². The van der Waals surface area contributed by atoms with E-state index in [-0.39, 0.29) is 16.5 Å². The molecular weight excluding hydrogens is 380 g/mol. The van der Waals surface area contributed by atoms with Crippen LogP contribution in [0.4, 0.5) is 5.69 Å². The Morgan fingerprint density at radius 1 is 0.966 bits per heavy atom. The highest BCUT2D eigenvalue weighted by Gasteiger charge is 2.08. The molecule has 3 aromatic rings. The number of aromatic nitrogens is 2. The Labute approximate surface area is 163 Å². The highest BCUT2D eigenvalue weighted by molar-refractivity contribution is 5.94. The number of rotatable bonds is 2. The summed E-state index contributed by atoms with van der Waals surface area (Å²) in [6.07, 6.45) is 0. The number of methoxy groups -OCH3 is 2. The number of fused-ring (bicyclic) bond motifs is 1. The van der Waals surface area contributed by atoms with E-state index in [9.17, 15) is 19.2 Å². The van der Waals surface area contributed by atoms with Crippen LogP contribution in [0.3, 0.4) is 0 Å². The number of hydrogen-bond donors (Lipinski definition) is 3. The molecule has 0 radical (unpaired) electrons. The predicted molar refractivity (Wildman–Crippen MR) is 103 cm³/mol. The third kappa shape index (κ3) is 4.86. The second kappa shape index (κ2) is 9.01. The van der Waals surface area contributed by atoms with E-state index in [0.717, 1.165) is 0 Å². The zero-order valence-electron chi connectivity index (χ0n) is 15.4. The Bertz CT molecular complexity index is 1240. The first-order valence-corrected chi connectivity index (χ1v) is 8.03. The number of carbonyl (C=O) groups is 2. The summed E-state index contributed by atoms with van der Waals surface area (Å²) >= 11 is 0. The number of nitrogens with one attached hydrogen (secondary N) is 2. The summed E-state index contributed by atoms with van der Waals surface area (Å²) in [7, 11) is 2.54. The number of benzene rings is 2. The minimum absolute atomic E-state index is 0.238. The van der Waals surface area contributed by atoms with Gasteiger partial charge in [0.05, 0.1) is 41.8 Å². The number of H-pyrrole nitrogens is 2. The minimum atomic E-state index is -0.580. The van der Waals surface area contributed by atoms with Gasteiger partial charge in [-0.05, 0) is 36.4 Å². The van der Waals surface area contributed by atoms with Gasteiger partial charge < -0.3 is 20.2 Å². The van der Waals surface area contributed by atoms with Gasteiger partial charge in [0.1, 0.15) is 6.07 Å². The minimum Gasteiger partial charge on any atom is -0.465 e. The van der Waals surface area contributed by atoms with E-state index in [2.05, 4.69) is 19.4 Å². The van der Waals surface area contributed by atoms with Crippen LogP contribution in [-0.2, 0) is 9.47 Å². The van der Waals surface area contributed by atoms with Crippen molar-refractivity contribution < 1.29 is 19.1 Å². The molecule has 0 spiro atoms. The molecule has 0 saturated carbocycles. The summed E-state index contributed by atoms with van der Waals surface area (Å²) < 4.78 is 9.01. The van der Waals surface area contributed by atoms with Gasteiger partial charge in [-0.15, -0.1) is 0 Å². The molecular formula is C19H16N4O6. The van der Waals surface area contributed by atoms with Gasteiger partial charge in [0.25, 0.3) is 5.56 Å². The fourth-order valence-electron chi connectivity index (χ4n) is 2.31. The molecule has 1 aromatic heterocycles. The average molecular weight is 396 g/mol. The van der Waals surface area contributed by atoms with Crippen molar-refractivity contribution in [1.82, 2.24) is 9.97 Å². The number of aromatic amines is 2. The molecule has 0 aliphatic rings. The maximum absolute atomic E-state index is 11.4. The average Bonchev–Trinajstić information content (AvgIpc) is 2.73. The summed E-state index contributed by atoms with van der Waals surface area (Å²) in [5.41, 5.74) is 5.95. The molecule has 0 fully saturated rings. The van der Waals surface area contributed by atoms with Crippen molar-refractivity contribution in [3.8, 4) is 6.07 Å². The maximum atomic E-state index is 11.4. The van der Waals surface area contributed by atoms with Gasteiger partial charge in [0.15, 0.2) is 0 Å². The maximum Gasteiger partial charge on any atom is 0.337 e. The van der Waals surface area contributed by atoms with Crippen LogP contribution >= 0.6 is 0 Å². The van der Waals surface area contributed by atoms with Crippen LogP contribution in [0.15, 0.2) is 46.0 Å². The summed E-state index contributed by atoms with van der Waals surface area (Å²) in [6.45, 7) is 0. The lowest BCUT2D eigenvalue weighted by molar-refractivity contribution is 0.0592. The monoisotopic (exact) mass is 396 g/mol. The molecule has 1 heterocycles. The Balaban J connectivity index is 0.000000212. The molecule has 0 saturated heterocycles. The number of carbonyl (C=O) groups excluding carboxylic acids is 2. The zero-order valence-corrected chi connectivity index (χ0v) is 15.4. The molecule has 0 unspecified atom stereocenters. The standard InChI is InChI=1S/C10H8N2O4.C9H8N2O2/c1-16-9(14)5-2-3-7-6(4-5)8(13)12-10(15)11-7;1-13-9(12)6-2-3-8(11)7(4-6)5-10/h2-4H,1H3,(H2,11,12,13,15);2-4H,11H2,1H3. The normalized spacial score (nSPS) is 9.69.